The summed E-state index contributed by atoms with van der Waals surface area (Å²) in [7, 11) is 1.71. The van der Waals surface area contributed by atoms with E-state index in [0.29, 0.717) is 13.4 Å². The molecule has 0 spiro atoms. The van der Waals surface area contributed by atoms with E-state index in [4.69, 9.17) is 19.2 Å². The number of ether oxygens (including phenoxy) is 3. The zero-order valence-corrected chi connectivity index (χ0v) is 16.3. The third kappa shape index (κ3) is 3.72. The summed E-state index contributed by atoms with van der Waals surface area (Å²) in [5.41, 5.74) is 2.62. The van der Waals surface area contributed by atoms with Crippen molar-refractivity contribution in [3.63, 3.8) is 0 Å². The van der Waals surface area contributed by atoms with Crippen LogP contribution in [0.15, 0.2) is 23.6 Å². The van der Waals surface area contributed by atoms with Crippen molar-refractivity contribution in [2.45, 2.75) is 57.8 Å². The Balaban J connectivity index is 1.54. The molecule has 1 fully saturated rings. The summed E-state index contributed by atoms with van der Waals surface area (Å²) in [6, 6.07) is 6.29. The van der Waals surface area contributed by atoms with E-state index in [0.717, 1.165) is 35.3 Å². The highest BCUT2D eigenvalue weighted by atomic mass is 32.1. The minimum atomic E-state index is 0.224. The van der Waals surface area contributed by atoms with Crippen LogP contribution in [0.2, 0.25) is 0 Å². The van der Waals surface area contributed by atoms with Crippen molar-refractivity contribution in [2.24, 2.45) is 0 Å². The standard InChI is InChI=1S/C20H26N2O3S/c1-20(7-3-4-8-20)22(11-16-13-26-19(21-16)12-23-2)10-15-5-6-17-18(9-15)25-14-24-17/h5-6,9,13H,3-4,7-8,10-12,14H2,1-2H3. The van der Waals surface area contributed by atoms with Crippen LogP contribution >= 0.6 is 11.3 Å². The predicted octanol–water partition coefficient (Wildman–Crippen LogP) is 4.35. The average Bonchev–Trinajstić information content (AvgIpc) is 3.36. The van der Waals surface area contributed by atoms with Crippen molar-refractivity contribution in [2.75, 3.05) is 13.9 Å². The first kappa shape index (κ1) is 17.8. The minimum Gasteiger partial charge on any atom is -0.454 e. The molecular weight excluding hydrogens is 348 g/mol. The van der Waals surface area contributed by atoms with Gasteiger partial charge in [0, 0.05) is 31.1 Å². The lowest BCUT2D eigenvalue weighted by atomic mass is 9.96. The largest absolute Gasteiger partial charge is 0.454 e. The smallest absolute Gasteiger partial charge is 0.231 e. The molecule has 0 saturated heterocycles. The van der Waals surface area contributed by atoms with Gasteiger partial charge in [-0.25, -0.2) is 4.98 Å². The summed E-state index contributed by atoms with van der Waals surface area (Å²) in [6.07, 6.45) is 5.10. The molecule has 1 saturated carbocycles. The Morgan fingerprint density at radius 2 is 2.00 bits per heavy atom. The molecule has 0 unspecified atom stereocenters. The highest BCUT2D eigenvalue weighted by Crippen LogP contribution is 2.38. The first-order chi connectivity index (χ1) is 12.7. The number of rotatable bonds is 7. The Morgan fingerprint density at radius 1 is 1.19 bits per heavy atom. The van der Waals surface area contributed by atoms with Crippen LogP contribution in [-0.2, 0) is 24.4 Å². The van der Waals surface area contributed by atoms with Crippen LogP contribution in [-0.4, -0.2) is 29.3 Å². The first-order valence-electron chi connectivity index (χ1n) is 9.22. The second-order valence-corrected chi connectivity index (χ2v) is 8.36. The number of methoxy groups -OCH3 is 1. The van der Waals surface area contributed by atoms with Crippen LogP contribution in [0.1, 0.15) is 48.9 Å². The van der Waals surface area contributed by atoms with Crippen molar-refractivity contribution >= 4 is 11.3 Å². The molecule has 1 aliphatic heterocycles. The molecule has 0 atom stereocenters. The van der Waals surface area contributed by atoms with E-state index in [1.54, 1.807) is 18.4 Å². The maximum Gasteiger partial charge on any atom is 0.231 e. The lowest BCUT2D eigenvalue weighted by molar-refractivity contribution is 0.0896. The highest BCUT2D eigenvalue weighted by molar-refractivity contribution is 7.09. The van der Waals surface area contributed by atoms with E-state index in [2.05, 4.69) is 29.3 Å². The molecule has 2 heterocycles. The molecule has 140 valence electrons. The number of aromatic nitrogens is 1. The summed E-state index contributed by atoms with van der Waals surface area (Å²) in [4.78, 5) is 7.34. The van der Waals surface area contributed by atoms with Crippen LogP contribution in [0.5, 0.6) is 11.5 Å². The van der Waals surface area contributed by atoms with E-state index in [1.165, 1.54) is 31.2 Å². The molecule has 6 heteroatoms. The fourth-order valence-corrected chi connectivity index (χ4v) is 4.71. The Bertz CT molecular complexity index is 755. The summed E-state index contributed by atoms with van der Waals surface area (Å²) >= 11 is 1.68. The average molecular weight is 375 g/mol. The minimum absolute atomic E-state index is 0.224. The summed E-state index contributed by atoms with van der Waals surface area (Å²) in [5, 5.41) is 3.21. The van der Waals surface area contributed by atoms with E-state index < -0.39 is 0 Å². The monoisotopic (exact) mass is 374 g/mol. The van der Waals surface area contributed by atoms with Gasteiger partial charge in [0.2, 0.25) is 6.79 Å². The third-order valence-electron chi connectivity index (χ3n) is 5.47. The van der Waals surface area contributed by atoms with Gasteiger partial charge in [-0.05, 0) is 37.5 Å². The van der Waals surface area contributed by atoms with Crippen LogP contribution in [0, 0.1) is 0 Å². The Morgan fingerprint density at radius 3 is 2.81 bits per heavy atom. The maximum absolute atomic E-state index is 5.55. The normalized spacial score (nSPS) is 18.0. The number of thiazole rings is 1. The molecule has 4 rings (SSSR count). The van der Waals surface area contributed by atoms with E-state index in [1.807, 2.05) is 6.07 Å². The highest BCUT2D eigenvalue weighted by Gasteiger charge is 2.35. The Labute approximate surface area is 158 Å². The predicted molar refractivity (Wildman–Crippen MR) is 102 cm³/mol. The summed E-state index contributed by atoms with van der Waals surface area (Å²) in [6.45, 7) is 5.07. The number of hydrogen-bond acceptors (Lipinski definition) is 6. The van der Waals surface area contributed by atoms with Gasteiger partial charge in [-0.3, -0.25) is 4.90 Å². The molecule has 1 aromatic heterocycles. The molecule has 26 heavy (non-hydrogen) atoms. The molecule has 2 aromatic rings. The third-order valence-corrected chi connectivity index (χ3v) is 6.35. The molecule has 0 bridgehead atoms. The van der Waals surface area contributed by atoms with E-state index in [9.17, 15) is 0 Å². The molecular formula is C20H26N2O3S. The zero-order chi connectivity index (χ0) is 18.0. The molecule has 0 radical (unpaired) electrons. The Hall–Kier alpha value is -1.63. The van der Waals surface area contributed by atoms with Crippen LogP contribution in [0.3, 0.4) is 0 Å². The van der Waals surface area contributed by atoms with Gasteiger partial charge in [-0.15, -0.1) is 11.3 Å². The van der Waals surface area contributed by atoms with Gasteiger partial charge in [0.25, 0.3) is 0 Å². The van der Waals surface area contributed by atoms with Crippen molar-refractivity contribution in [3.8, 4) is 11.5 Å². The van der Waals surface area contributed by atoms with Gasteiger partial charge in [0.1, 0.15) is 5.01 Å². The van der Waals surface area contributed by atoms with Gasteiger partial charge in [-0.1, -0.05) is 18.9 Å². The molecule has 0 N–H and O–H groups in total. The quantitative estimate of drug-likeness (QED) is 0.721. The van der Waals surface area contributed by atoms with Crippen molar-refractivity contribution < 1.29 is 14.2 Å². The Kier molecular flexibility index (Phi) is 5.16. The van der Waals surface area contributed by atoms with Gasteiger partial charge < -0.3 is 14.2 Å². The fraction of sp³-hybridized carbons (Fsp3) is 0.550. The van der Waals surface area contributed by atoms with Crippen molar-refractivity contribution in [1.29, 1.82) is 0 Å². The molecule has 0 amide bonds. The van der Waals surface area contributed by atoms with Crippen LogP contribution in [0.25, 0.3) is 0 Å². The number of fused-ring (bicyclic) bond motifs is 1. The zero-order valence-electron chi connectivity index (χ0n) is 15.5. The second kappa shape index (κ2) is 7.55. The fourth-order valence-electron chi connectivity index (χ4n) is 3.96. The SMILES string of the molecule is COCc1nc(CN(Cc2ccc3c(c2)OCO3)C2(C)CCCC2)cs1. The molecule has 2 aliphatic rings. The van der Waals surface area contributed by atoms with Crippen molar-refractivity contribution in [1.82, 2.24) is 9.88 Å². The van der Waals surface area contributed by atoms with Crippen LogP contribution in [0.4, 0.5) is 0 Å². The van der Waals surface area contributed by atoms with Crippen molar-refractivity contribution in [3.05, 3.63) is 39.8 Å². The molecule has 5 nitrogen and oxygen atoms in total. The van der Waals surface area contributed by atoms with Gasteiger partial charge in [0.15, 0.2) is 11.5 Å². The maximum atomic E-state index is 5.55. The first-order valence-corrected chi connectivity index (χ1v) is 10.1. The number of hydrogen-bond donors (Lipinski definition) is 0. The second-order valence-electron chi connectivity index (χ2n) is 7.41. The molecule has 1 aromatic carbocycles. The van der Waals surface area contributed by atoms with Gasteiger partial charge >= 0.3 is 0 Å². The summed E-state index contributed by atoms with van der Waals surface area (Å²) in [5.74, 6) is 1.70. The lowest BCUT2D eigenvalue weighted by Gasteiger charge is -2.38. The lowest BCUT2D eigenvalue weighted by Crippen LogP contribution is -2.43. The topological polar surface area (TPSA) is 43.8 Å². The summed E-state index contributed by atoms with van der Waals surface area (Å²) < 4.78 is 16.2. The van der Waals surface area contributed by atoms with Gasteiger partial charge in [-0.2, -0.15) is 0 Å². The van der Waals surface area contributed by atoms with E-state index in [-0.39, 0.29) is 5.54 Å². The number of nitrogens with zero attached hydrogens (tertiary/aromatic N) is 2. The van der Waals surface area contributed by atoms with E-state index >= 15 is 0 Å². The molecule has 1 aliphatic carbocycles. The van der Waals surface area contributed by atoms with Crippen LogP contribution < -0.4 is 9.47 Å². The van der Waals surface area contributed by atoms with Gasteiger partial charge in [0.05, 0.1) is 12.3 Å². The number of benzene rings is 1.